The van der Waals surface area contributed by atoms with E-state index in [1.54, 1.807) is 0 Å². The first-order valence-corrected chi connectivity index (χ1v) is 6.95. The van der Waals surface area contributed by atoms with Crippen LogP contribution in [0.4, 0.5) is 0 Å². The van der Waals surface area contributed by atoms with Crippen molar-refractivity contribution in [1.82, 2.24) is 5.32 Å². The van der Waals surface area contributed by atoms with Gasteiger partial charge in [-0.1, -0.05) is 38.1 Å². The molecule has 1 aromatic carbocycles. The molecule has 0 aromatic heterocycles. The van der Waals surface area contributed by atoms with Gasteiger partial charge in [0.05, 0.1) is 7.11 Å². The molecule has 106 valence electrons. The number of ether oxygens (including phenoxy) is 1. The number of carbonyl (C=O) groups is 1. The Bertz CT molecular complexity index is 411. The lowest BCUT2D eigenvalue weighted by Crippen LogP contribution is -2.52. The molecule has 1 unspecified atom stereocenters. The lowest BCUT2D eigenvalue weighted by atomic mass is 9.85. The molecular weight excluding hydrogens is 238 g/mol. The third-order valence-electron chi connectivity index (χ3n) is 3.45. The number of aryl methyl sites for hydroxylation is 1. The summed E-state index contributed by atoms with van der Waals surface area (Å²) in [5, 5.41) is 3.37. The van der Waals surface area contributed by atoms with Gasteiger partial charge in [-0.2, -0.15) is 0 Å². The molecule has 0 saturated carbocycles. The summed E-state index contributed by atoms with van der Waals surface area (Å²) in [5.74, 6) is -0.229. The van der Waals surface area contributed by atoms with Gasteiger partial charge in [0.15, 0.2) is 0 Å². The van der Waals surface area contributed by atoms with Crippen molar-refractivity contribution in [3.63, 3.8) is 0 Å². The fraction of sp³-hybridized carbons (Fsp3) is 0.562. The first-order chi connectivity index (χ1) is 9.00. The van der Waals surface area contributed by atoms with E-state index in [-0.39, 0.29) is 12.0 Å². The Kier molecular flexibility index (Phi) is 5.55. The van der Waals surface area contributed by atoms with Gasteiger partial charge in [-0.25, -0.2) is 4.79 Å². The highest BCUT2D eigenvalue weighted by Gasteiger charge is 2.39. The molecule has 0 amide bonds. The molecule has 3 heteroatoms. The van der Waals surface area contributed by atoms with Gasteiger partial charge in [0, 0.05) is 6.04 Å². The van der Waals surface area contributed by atoms with Crippen molar-refractivity contribution in [3.05, 3.63) is 35.4 Å². The Morgan fingerprint density at radius 2 is 1.84 bits per heavy atom. The summed E-state index contributed by atoms with van der Waals surface area (Å²) in [4.78, 5) is 12.3. The highest BCUT2D eigenvalue weighted by molar-refractivity contribution is 5.82. The lowest BCUT2D eigenvalue weighted by molar-refractivity contribution is -0.149. The van der Waals surface area contributed by atoms with Gasteiger partial charge < -0.3 is 4.74 Å². The van der Waals surface area contributed by atoms with Crippen molar-refractivity contribution in [2.75, 3.05) is 7.11 Å². The number of nitrogens with one attached hydrogen (secondary N) is 1. The summed E-state index contributed by atoms with van der Waals surface area (Å²) in [6.07, 6.45) is 1.65. The van der Waals surface area contributed by atoms with E-state index in [9.17, 15) is 4.79 Å². The molecule has 0 radical (unpaired) electrons. The van der Waals surface area contributed by atoms with E-state index in [1.165, 1.54) is 12.7 Å². The summed E-state index contributed by atoms with van der Waals surface area (Å²) >= 11 is 0. The van der Waals surface area contributed by atoms with Crippen LogP contribution in [0, 0.1) is 0 Å². The van der Waals surface area contributed by atoms with E-state index in [0.717, 1.165) is 12.0 Å². The third-order valence-corrected chi connectivity index (χ3v) is 3.45. The van der Waals surface area contributed by atoms with Crippen LogP contribution in [0.15, 0.2) is 24.3 Å². The van der Waals surface area contributed by atoms with E-state index >= 15 is 0 Å². The van der Waals surface area contributed by atoms with Crippen molar-refractivity contribution in [2.24, 2.45) is 0 Å². The Morgan fingerprint density at radius 3 is 2.21 bits per heavy atom. The SMILES string of the molecule is CCc1ccc(C(CC)(NC(C)C)C(=O)OC)cc1. The summed E-state index contributed by atoms with van der Waals surface area (Å²) in [6.45, 7) is 8.19. The molecule has 0 aliphatic carbocycles. The predicted molar refractivity (Wildman–Crippen MR) is 78.1 cm³/mol. The maximum absolute atomic E-state index is 12.3. The molecule has 1 atom stereocenters. The molecular formula is C16H25NO2. The van der Waals surface area contributed by atoms with Crippen molar-refractivity contribution < 1.29 is 9.53 Å². The number of carbonyl (C=O) groups excluding carboxylic acids is 1. The van der Waals surface area contributed by atoms with Crippen LogP contribution in [0.3, 0.4) is 0 Å². The van der Waals surface area contributed by atoms with Gasteiger partial charge >= 0.3 is 5.97 Å². The normalized spacial score (nSPS) is 14.2. The van der Waals surface area contributed by atoms with E-state index in [1.807, 2.05) is 32.9 Å². The van der Waals surface area contributed by atoms with Crippen LogP contribution >= 0.6 is 0 Å². The first-order valence-electron chi connectivity index (χ1n) is 6.95. The third kappa shape index (κ3) is 3.35. The van der Waals surface area contributed by atoms with Crippen molar-refractivity contribution in [3.8, 4) is 0 Å². The summed E-state index contributed by atoms with van der Waals surface area (Å²) in [5.41, 5.74) is 1.48. The molecule has 0 bridgehead atoms. The zero-order chi connectivity index (χ0) is 14.5. The number of hydrogen-bond acceptors (Lipinski definition) is 3. The predicted octanol–water partition coefficient (Wildman–Crippen LogP) is 3.03. The average molecular weight is 263 g/mol. The van der Waals surface area contributed by atoms with Crippen LogP contribution in [-0.4, -0.2) is 19.1 Å². The second kappa shape index (κ2) is 6.71. The number of methoxy groups -OCH3 is 1. The largest absolute Gasteiger partial charge is 0.467 e. The number of hydrogen-bond donors (Lipinski definition) is 1. The van der Waals surface area contributed by atoms with E-state index < -0.39 is 5.54 Å². The molecule has 0 spiro atoms. The number of rotatable bonds is 6. The monoisotopic (exact) mass is 263 g/mol. The second-order valence-corrected chi connectivity index (χ2v) is 5.10. The highest BCUT2D eigenvalue weighted by Crippen LogP contribution is 2.28. The van der Waals surface area contributed by atoms with Crippen LogP contribution in [0.25, 0.3) is 0 Å². The minimum atomic E-state index is -0.755. The fourth-order valence-electron chi connectivity index (χ4n) is 2.40. The van der Waals surface area contributed by atoms with Crippen LogP contribution in [0.1, 0.15) is 45.2 Å². The van der Waals surface area contributed by atoms with Gasteiger partial charge in [-0.05, 0) is 37.8 Å². The Hall–Kier alpha value is -1.35. The van der Waals surface area contributed by atoms with Gasteiger partial charge in [0.1, 0.15) is 5.54 Å². The van der Waals surface area contributed by atoms with Crippen LogP contribution in [-0.2, 0) is 21.5 Å². The molecule has 1 aromatic rings. The van der Waals surface area contributed by atoms with Gasteiger partial charge in [-0.15, -0.1) is 0 Å². The van der Waals surface area contributed by atoms with Crippen molar-refractivity contribution in [2.45, 2.75) is 52.1 Å². The van der Waals surface area contributed by atoms with Crippen molar-refractivity contribution in [1.29, 1.82) is 0 Å². The van der Waals surface area contributed by atoms with E-state index in [4.69, 9.17) is 4.74 Å². The molecule has 0 aliphatic rings. The number of esters is 1. The molecule has 3 nitrogen and oxygen atoms in total. The van der Waals surface area contributed by atoms with Gasteiger partial charge in [0.25, 0.3) is 0 Å². The molecule has 19 heavy (non-hydrogen) atoms. The Morgan fingerprint density at radius 1 is 1.26 bits per heavy atom. The Labute approximate surface area is 116 Å². The average Bonchev–Trinajstić information content (AvgIpc) is 2.43. The van der Waals surface area contributed by atoms with E-state index in [0.29, 0.717) is 6.42 Å². The molecule has 1 rings (SSSR count). The van der Waals surface area contributed by atoms with E-state index in [2.05, 4.69) is 24.4 Å². The summed E-state index contributed by atoms with van der Waals surface area (Å²) in [6, 6.07) is 8.39. The fourth-order valence-corrected chi connectivity index (χ4v) is 2.40. The summed E-state index contributed by atoms with van der Waals surface area (Å²) < 4.78 is 5.02. The number of benzene rings is 1. The zero-order valence-electron chi connectivity index (χ0n) is 12.6. The van der Waals surface area contributed by atoms with Crippen LogP contribution in [0.5, 0.6) is 0 Å². The maximum Gasteiger partial charge on any atom is 0.330 e. The molecule has 0 fully saturated rings. The molecule has 0 heterocycles. The zero-order valence-corrected chi connectivity index (χ0v) is 12.6. The topological polar surface area (TPSA) is 38.3 Å². The standard InChI is InChI=1S/C16H25NO2/c1-6-13-8-10-14(11-9-13)16(7-2,15(18)19-5)17-12(3)4/h8-12,17H,6-7H2,1-5H3. The minimum Gasteiger partial charge on any atom is -0.467 e. The quantitative estimate of drug-likeness (QED) is 0.802. The lowest BCUT2D eigenvalue weighted by Gasteiger charge is -2.33. The van der Waals surface area contributed by atoms with Crippen LogP contribution < -0.4 is 5.32 Å². The van der Waals surface area contributed by atoms with Gasteiger partial charge in [0.2, 0.25) is 0 Å². The maximum atomic E-state index is 12.3. The Balaban J connectivity index is 3.23. The van der Waals surface area contributed by atoms with Crippen LogP contribution in [0.2, 0.25) is 0 Å². The first kappa shape index (κ1) is 15.7. The minimum absolute atomic E-state index is 0.199. The van der Waals surface area contributed by atoms with Crippen molar-refractivity contribution >= 4 is 5.97 Å². The highest BCUT2D eigenvalue weighted by atomic mass is 16.5. The second-order valence-electron chi connectivity index (χ2n) is 5.10. The summed E-state index contributed by atoms with van der Waals surface area (Å²) in [7, 11) is 1.44. The molecule has 0 saturated heterocycles. The smallest absolute Gasteiger partial charge is 0.330 e. The van der Waals surface area contributed by atoms with Gasteiger partial charge in [-0.3, -0.25) is 5.32 Å². The molecule has 1 N–H and O–H groups in total. The molecule has 0 aliphatic heterocycles.